The van der Waals surface area contributed by atoms with E-state index in [4.69, 9.17) is 10.00 Å². The minimum atomic E-state index is -0.712. The highest BCUT2D eigenvalue weighted by molar-refractivity contribution is 5.75. The predicted octanol–water partition coefficient (Wildman–Crippen LogP) is 3.21. The Morgan fingerprint density at radius 1 is 1.29 bits per heavy atom. The Labute approximate surface area is 118 Å². The maximum atomic E-state index is 13.3. The number of hydrogen-bond acceptors (Lipinski definition) is 5. The molecule has 104 valence electrons. The van der Waals surface area contributed by atoms with Gasteiger partial charge in [-0.25, -0.2) is 4.39 Å². The fourth-order valence-electron chi connectivity index (χ4n) is 1.65. The van der Waals surface area contributed by atoms with E-state index in [0.717, 1.165) is 18.2 Å². The lowest BCUT2D eigenvalue weighted by atomic mass is 10.2. The molecule has 0 aliphatic carbocycles. The molecule has 6 nitrogen and oxygen atoms in total. The summed E-state index contributed by atoms with van der Waals surface area (Å²) in [5, 5.41) is 19.7. The number of carbonyl (C=O) groups excluding carboxylic acids is 1. The second kappa shape index (κ2) is 5.79. The molecule has 2 aromatic carbocycles. The molecule has 0 atom stereocenters. The van der Waals surface area contributed by atoms with Crippen LogP contribution in [0.1, 0.15) is 15.9 Å². The van der Waals surface area contributed by atoms with Crippen LogP contribution in [0.5, 0.6) is 11.5 Å². The number of rotatable bonds is 4. The summed E-state index contributed by atoms with van der Waals surface area (Å²) in [6, 6.07) is 8.65. The van der Waals surface area contributed by atoms with E-state index >= 15 is 0 Å². The van der Waals surface area contributed by atoms with Crippen LogP contribution in [0.3, 0.4) is 0 Å². The Bertz CT molecular complexity index is 768. The molecule has 0 fully saturated rings. The highest BCUT2D eigenvalue weighted by Gasteiger charge is 2.17. The van der Waals surface area contributed by atoms with Gasteiger partial charge in [0.2, 0.25) is 5.75 Å². The standard InChI is InChI=1S/C14H7FN2O4/c15-11-3-10(8-18)4-12(6-11)21-14-2-1-9(7-16)5-13(14)17(19)20/h1-6,8H. The largest absolute Gasteiger partial charge is 0.450 e. The number of hydrogen-bond donors (Lipinski definition) is 0. The number of nitrogens with zero attached hydrogens (tertiary/aromatic N) is 2. The number of aldehydes is 1. The molecule has 0 unspecified atom stereocenters. The molecule has 0 bridgehead atoms. The van der Waals surface area contributed by atoms with Gasteiger partial charge >= 0.3 is 5.69 Å². The minimum absolute atomic E-state index is 0.0429. The quantitative estimate of drug-likeness (QED) is 0.488. The zero-order valence-electron chi connectivity index (χ0n) is 10.4. The fourth-order valence-corrected chi connectivity index (χ4v) is 1.65. The van der Waals surface area contributed by atoms with E-state index in [9.17, 15) is 19.3 Å². The highest BCUT2D eigenvalue weighted by atomic mass is 19.1. The van der Waals surface area contributed by atoms with Gasteiger partial charge in [0.05, 0.1) is 16.6 Å². The molecule has 2 aromatic rings. The topological polar surface area (TPSA) is 93.2 Å². The molecule has 0 amide bonds. The van der Waals surface area contributed by atoms with Gasteiger partial charge in [-0.15, -0.1) is 0 Å². The van der Waals surface area contributed by atoms with Gasteiger partial charge in [-0.3, -0.25) is 14.9 Å². The molecule has 0 N–H and O–H groups in total. The van der Waals surface area contributed by atoms with Crippen LogP contribution < -0.4 is 4.74 Å². The van der Waals surface area contributed by atoms with Crippen LogP contribution >= 0.6 is 0 Å². The average Bonchev–Trinajstić information content (AvgIpc) is 2.46. The smallest absolute Gasteiger partial charge is 0.312 e. The molecular formula is C14H7FN2O4. The van der Waals surface area contributed by atoms with E-state index in [2.05, 4.69) is 0 Å². The number of halogens is 1. The number of nitriles is 1. The minimum Gasteiger partial charge on any atom is -0.450 e. The van der Waals surface area contributed by atoms with E-state index in [1.807, 2.05) is 0 Å². The average molecular weight is 286 g/mol. The van der Waals surface area contributed by atoms with Crippen molar-refractivity contribution in [3.8, 4) is 17.6 Å². The number of benzene rings is 2. The number of carbonyl (C=O) groups is 1. The third-order valence-corrected chi connectivity index (χ3v) is 2.54. The Morgan fingerprint density at radius 2 is 2.05 bits per heavy atom. The summed E-state index contributed by atoms with van der Waals surface area (Å²) < 4.78 is 18.5. The first-order chi connectivity index (χ1) is 10.0. The van der Waals surface area contributed by atoms with Crippen LogP contribution in [0.25, 0.3) is 0 Å². The van der Waals surface area contributed by atoms with Crippen molar-refractivity contribution in [3.05, 3.63) is 63.5 Å². The monoisotopic (exact) mass is 286 g/mol. The normalized spacial score (nSPS) is 9.71. The molecule has 0 saturated heterocycles. The van der Waals surface area contributed by atoms with Gasteiger partial charge in [-0.05, 0) is 24.3 Å². The Balaban J connectivity index is 2.44. The van der Waals surface area contributed by atoms with Crippen LogP contribution in [-0.2, 0) is 0 Å². The van der Waals surface area contributed by atoms with E-state index in [0.29, 0.717) is 6.29 Å². The van der Waals surface area contributed by atoms with Crippen molar-refractivity contribution in [3.63, 3.8) is 0 Å². The highest BCUT2D eigenvalue weighted by Crippen LogP contribution is 2.32. The van der Waals surface area contributed by atoms with Crippen molar-refractivity contribution >= 4 is 12.0 Å². The molecule has 0 aliphatic rings. The van der Waals surface area contributed by atoms with Gasteiger partial charge < -0.3 is 4.74 Å². The fraction of sp³-hybridized carbons (Fsp3) is 0. The summed E-state index contributed by atoms with van der Waals surface area (Å²) in [4.78, 5) is 20.9. The van der Waals surface area contributed by atoms with Gasteiger partial charge in [-0.1, -0.05) is 0 Å². The first-order valence-corrected chi connectivity index (χ1v) is 5.65. The van der Waals surface area contributed by atoms with Crippen molar-refractivity contribution in [1.82, 2.24) is 0 Å². The van der Waals surface area contributed by atoms with Crippen LogP contribution in [-0.4, -0.2) is 11.2 Å². The zero-order chi connectivity index (χ0) is 15.4. The van der Waals surface area contributed by atoms with Crippen molar-refractivity contribution in [2.45, 2.75) is 0 Å². The summed E-state index contributed by atoms with van der Waals surface area (Å²) in [6.07, 6.45) is 0.434. The van der Waals surface area contributed by atoms with Crippen molar-refractivity contribution in [1.29, 1.82) is 5.26 Å². The molecule has 2 rings (SSSR count). The van der Waals surface area contributed by atoms with Gasteiger partial charge in [0.1, 0.15) is 17.9 Å². The van der Waals surface area contributed by atoms with Gasteiger partial charge in [0, 0.05) is 17.7 Å². The van der Waals surface area contributed by atoms with Crippen LogP contribution in [0.15, 0.2) is 36.4 Å². The predicted molar refractivity (Wildman–Crippen MR) is 69.7 cm³/mol. The molecular weight excluding hydrogens is 279 g/mol. The third kappa shape index (κ3) is 3.19. The molecule has 0 aliphatic heterocycles. The molecule has 0 heterocycles. The SMILES string of the molecule is N#Cc1ccc(Oc2cc(F)cc(C=O)c2)c([N+](=O)[O-])c1. The first-order valence-electron chi connectivity index (χ1n) is 5.65. The van der Waals surface area contributed by atoms with E-state index in [1.54, 1.807) is 6.07 Å². The third-order valence-electron chi connectivity index (χ3n) is 2.54. The Morgan fingerprint density at radius 3 is 2.67 bits per heavy atom. The number of nitro groups is 1. The first kappa shape index (κ1) is 14.1. The number of nitro benzene ring substituents is 1. The van der Waals surface area contributed by atoms with Crippen molar-refractivity contribution in [2.75, 3.05) is 0 Å². The zero-order valence-corrected chi connectivity index (χ0v) is 10.4. The summed E-state index contributed by atoms with van der Waals surface area (Å²) in [6.45, 7) is 0. The molecule has 0 saturated carbocycles. The van der Waals surface area contributed by atoms with Gasteiger partial charge in [-0.2, -0.15) is 5.26 Å². The van der Waals surface area contributed by atoms with Gasteiger partial charge in [0.15, 0.2) is 0 Å². The van der Waals surface area contributed by atoms with Crippen molar-refractivity contribution < 1.29 is 18.8 Å². The van der Waals surface area contributed by atoms with Crippen LogP contribution in [0, 0.1) is 27.3 Å². The van der Waals surface area contributed by atoms with Crippen molar-refractivity contribution in [2.24, 2.45) is 0 Å². The summed E-state index contributed by atoms with van der Waals surface area (Å²) in [5.74, 6) is -0.905. The number of ether oxygens (including phenoxy) is 1. The lowest BCUT2D eigenvalue weighted by Gasteiger charge is -2.07. The molecule has 0 aromatic heterocycles. The lowest BCUT2D eigenvalue weighted by Crippen LogP contribution is -1.95. The van der Waals surface area contributed by atoms with E-state index in [1.165, 1.54) is 18.2 Å². The molecule has 0 spiro atoms. The van der Waals surface area contributed by atoms with Gasteiger partial charge in [0.25, 0.3) is 0 Å². The summed E-state index contributed by atoms with van der Waals surface area (Å²) in [5.41, 5.74) is -0.283. The lowest BCUT2D eigenvalue weighted by molar-refractivity contribution is -0.385. The van der Waals surface area contributed by atoms with E-state index < -0.39 is 16.4 Å². The van der Waals surface area contributed by atoms with E-state index in [-0.39, 0.29) is 22.6 Å². The van der Waals surface area contributed by atoms with Crippen LogP contribution in [0.4, 0.5) is 10.1 Å². The maximum Gasteiger partial charge on any atom is 0.312 e. The molecule has 7 heteroatoms. The Kier molecular flexibility index (Phi) is 3.90. The van der Waals surface area contributed by atoms with Crippen LogP contribution in [0.2, 0.25) is 0 Å². The molecule has 21 heavy (non-hydrogen) atoms. The molecule has 0 radical (unpaired) electrons. The second-order valence-corrected chi connectivity index (χ2v) is 3.99. The second-order valence-electron chi connectivity index (χ2n) is 3.99. The summed E-state index contributed by atoms with van der Waals surface area (Å²) >= 11 is 0. The summed E-state index contributed by atoms with van der Waals surface area (Å²) in [7, 11) is 0. The Hall–Kier alpha value is -3.27. The maximum absolute atomic E-state index is 13.3.